The lowest BCUT2D eigenvalue weighted by Crippen LogP contribution is -2.37. The van der Waals surface area contributed by atoms with Gasteiger partial charge in [-0.2, -0.15) is 10.5 Å². The zero-order valence-electron chi connectivity index (χ0n) is 13.0. The number of hydrogen-bond donors (Lipinski definition) is 0. The highest BCUT2D eigenvalue weighted by Crippen LogP contribution is 2.51. The highest BCUT2D eigenvalue weighted by atomic mass is 14.5. The van der Waals surface area contributed by atoms with Crippen LogP contribution in [0, 0.1) is 39.9 Å². The zero-order valence-corrected chi connectivity index (χ0v) is 13.0. The number of nitriles is 2. The molecule has 2 rings (SSSR count). The summed E-state index contributed by atoms with van der Waals surface area (Å²) < 4.78 is 0. The Morgan fingerprint density at radius 3 is 2.29 bits per heavy atom. The van der Waals surface area contributed by atoms with Crippen LogP contribution in [-0.4, -0.2) is 0 Å². The van der Waals surface area contributed by atoms with Gasteiger partial charge in [0.1, 0.15) is 0 Å². The van der Waals surface area contributed by atoms with Gasteiger partial charge in [0.15, 0.2) is 5.41 Å². The van der Waals surface area contributed by atoms with Crippen LogP contribution < -0.4 is 0 Å². The monoisotopic (exact) mass is 278 g/mol. The van der Waals surface area contributed by atoms with E-state index in [4.69, 9.17) is 0 Å². The van der Waals surface area contributed by atoms with Crippen LogP contribution in [0.4, 0.5) is 0 Å². The molecule has 21 heavy (non-hydrogen) atoms. The Labute approximate surface area is 127 Å². The first-order chi connectivity index (χ1) is 10.1. The van der Waals surface area contributed by atoms with Crippen molar-refractivity contribution in [2.75, 3.05) is 0 Å². The summed E-state index contributed by atoms with van der Waals surface area (Å²) in [5, 5.41) is 19.6. The van der Waals surface area contributed by atoms with Gasteiger partial charge in [-0.05, 0) is 23.8 Å². The average molecular weight is 278 g/mol. The van der Waals surface area contributed by atoms with Crippen molar-refractivity contribution in [1.82, 2.24) is 0 Å². The lowest BCUT2D eigenvalue weighted by molar-refractivity contribution is 0.253. The van der Waals surface area contributed by atoms with Crippen LogP contribution in [-0.2, 0) is 0 Å². The maximum atomic E-state index is 9.80. The fraction of sp³-hybridized carbons (Fsp3) is 0.474. The summed E-state index contributed by atoms with van der Waals surface area (Å²) in [4.78, 5) is 0. The van der Waals surface area contributed by atoms with E-state index in [-0.39, 0.29) is 11.8 Å². The molecule has 2 atom stereocenters. The molecule has 1 aromatic rings. The van der Waals surface area contributed by atoms with Crippen molar-refractivity contribution in [2.24, 2.45) is 17.3 Å². The van der Waals surface area contributed by atoms with Crippen LogP contribution in [0.2, 0.25) is 0 Å². The summed E-state index contributed by atoms with van der Waals surface area (Å²) in [5.41, 5.74) is 1.49. The SMILES string of the molecule is CC[C@@H]1CC(C(C)C)=C[C@@H](c2ccccc2)C1(C#N)C#N. The zero-order chi connectivity index (χ0) is 15.5. The van der Waals surface area contributed by atoms with Gasteiger partial charge in [-0.25, -0.2) is 0 Å². The first kappa shape index (κ1) is 15.3. The van der Waals surface area contributed by atoms with E-state index in [1.54, 1.807) is 0 Å². The minimum atomic E-state index is -0.950. The number of allylic oxidation sites excluding steroid dienone is 2. The largest absolute Gasteiger partial charge is 0.197 e. The van der Waals surface area contributed by atoms with Crippen molar-refractivity contribution < 1.29 is 0 Å². The summed E-state index contributed by atoms with van der Waals surface area (Å²) >= 11 is 0. The molecule has 0 saturated heterocycles. The standard InChI is InChI=1S/C19H22N2/c1-4-17-10-16(14(2)3)11-18(19(17,12-20)13-21)15-8-6-5-7-9-15/h5-9,11,14,17-18H,4,10H2,1-3H3/t17-,18+/m1/s1. The van der Waals surface area contributed by atoms with Gasteiger partial charge in [-0.3, -0.25) is 0 Å². The summed E-state index contributed by atoms with van der Waals surface area (Å²) in [7, 11) is 0. The molecule has 1 aliphatic carbocycles. The molecule has 108 valence electrons. The lowest BCUT2D eigenvalue weighted by atomic mass is 9.59. The second-order valence-corrected chi connectivity index (χ2v) is 6.19. The Bertz CT molecular complexity index is 585. The van der Waals surface area contributed by atoms with E-state index in [2.05, 4.69) is 39.0 Å². The molecule has 0 spiro atoms. The summed E-state index contributed by atoms with van der Waals surface area (Å²) in [6.45, 7) is 6.46. The molecular weight excluding hydrogens is 256 g/mol. The third kappa shape index (κ3) is 2.59. The van der Waals surface area contributed by atoms with Gasteiger partial charge in [-0.1, -0.05) is 69.2 Å². The maximum Gasteiger partial charge on any atom is 0.157 e. The van der Waals surface area contributed by atoms with Gasteiger partial charge in [-0.15, -0.1) is 0 Å². The molecule has 0 amide bonds. The van der Waals surface area contributed by atoms with E-state index in [9.17, 15) is 10.5 Å². The Kier molecular flexibility index (Phi) is 4.49. The molecule has 2 nitrogen and oxygen atoms in total. The van der Waals surface area contributed by atoms with Crippen molar-refractivity contribution in [3.63, 3.8) is 0 Å². The van der Waals surface area contributed by atoms with Crippen molar-refractivity contribution in [1.29, 1.82) is 10.5 Å². The van der Waals surface area contributed by atoms with Gasteiger partial charge in [0.25, 0.3) is 0 Å². The van der Waals surface area contributed by atoms with Crippen LogP contribution in [0.5, 0.6) is 0 Å². The van der Waals surface area contributed by atoms with E-state index in [1.807, 2.05) is 30.3 Å². The van der Waals surface area contributed by atoms with Gasteiger partial charge in [0.05, 0.1) is 12.1 Å². The van der Waals surface area contributed by atoms with Gasteiger partial charge in [0, 0.05) is 5.92 Å². The van der Waals surface area contributed by atoms with Crippen LogP contribution in [0.15, 0.2) is 42.0 Å². The smallest absolute Gasteiger partial charge is 0.157 e. The first-order valence-corrected chi connectivity index (χ1v) is 7.67. The summed E-state index contributed by atoms with van der Waals surface area (Å²) in [6.07, 6.45) is 3.89. The molecule has 0 bridgehead atoms. The van der Waals surface area contributed by atoms with E-state index in [1.165, 1.54) is 5.57 Å². The highest BCUT2D eigenvalue weighted by Gasteiger charge is 2.48. The lowest BCUT2D eigenvalue weighted by Gasteiger charge is -2.40. The topological polar surface area (TPSA) is 47.6 Å². The minimum absolute atomic E-state index is 0.0973. The minimum Gasteiger partial charge on any atom is -0.197 e. The molecule has 0 aromatic heterocycles. The van der Waals surface area contributed by atoms with E-state index < -0.39 is 5.41 Å². The molecule has 0 radical (unpaired) electrons. The molecule has 1 aliphatic rings. The molecule has 0 heterocycles. The third-order valence-corrected chi connectivity index (χ3v) is 4.76. The fourth-order valence-corrected chi connectivity index (χ4v) is 3.37. The summed E-state index contributed by atoms with van der Waals surface area (Å²) in [5.74, 6) is 0.422. The van der Waals surface area contributed by atoms with Gasteiger partial charge < -0.3 is 0 Å². The Morgan fingerprint density at radius 2 is 1.81 bits per heavy atom. The molecular formula is C19H22N2. The van der Waals surface area contributed by atoms with Gasteiger partial charge >= 0.3 is 0 Å². The Hall–Kier alpha value is -2.06. The van der Waals surface area contributed by atoms with E-state index in [0.29, 0.717) is 5.92 Å². The predicted molar refractivity (Wildman–Crippen MR) is 84.2 cm³/mol. The molecule has 0 unspecified atom stereocenters. The molecule has 0 aliphatic heterocycles. The normalized spacial score (nSPS) is 24.0. The van der Waals surface area contributed by atoms with Crippen LogP contribution in [0.25, 0.3) is 0 Å². The Balaban J connectivity index is 2.62. The van der Waals surface area contributed by atoms with Crippen molar-refractivity contribution >= 4 is 0 Å². The number of nitrogens with zero attached hydrogens (tertiary/aromatic N) is 2. The maximum absolute atomic E-state index is 9.80. The van der Waals surface area contributed by atoms with Crippen LogP contribution in [0.1, 0.15) is 45.1 Å². The van der Waals surface area contributed by atoms with Crippen molar-refractivity contribution in [2.45, 2.75) is 39.5 Å². The number of rotatable bonds is 3. The highest BCUT2D eigenvalue weighted by molar-refractivity contribution is 5.40. The number of hydrogen-bond acceptors (Lipinski definition) is 2. The fourth-order valence-electron chi connectivity index (χ4n) is 3.37. The predicted octanol–water partition coefficient (Wildman–Crippen LogP) is 4.82. The van der Waals surface area contributed by atoms with Crippen LogP contribution >= 0.6 is 0 Å². The quantitative estimate of drug-likeness (QED) is 0.744. The molecule has 2 heteroatoms. The third-order valence-electron chi connectivity index (χ3n) is 4.76. The molecule has 1 aromatic carbocycles. The molecule has 0 fully saturated rings. The van der Waals surface area contributed by atoms with Gasteiger partial charge in [0.2, 0.25) is 0 Å². The Morgan fingerprint density at radius 1 is 1.19 bits per heavy atom. The molecule has 0 N–H and O–H groups in total. The molecule has 0 saturated carbocycles. The van der Waals surface area contributed by atoms with Crippen molar-refractivity contribution in [3.05, 3.63) is 47.5 Å². The second-order valence-electron chi connectivity index (χ2n) is 6.19. The number of benzene rings is 1. The van der Waals surface area contributed by atoms with Crippen molar-refractivity contribution in [3.8, 4) is 12.1 Å². The van der Waals surface area contributed by atoms with Crippen LogP contribution in [0.3, 0.4) is 0 Å². The van der Waals surface area contributed by atoms with E-state index >= 15 is 0 Å². The average Bonchev–Trinajstić information content (AvgIpc) is 2.54. The van der Waals surface area contributed by atoms with E-state index in [0.717, 1.165) is 18.4 Å². The second kappa shape index (κ2) is 6.15. The first-order valence-electron chi connectivity index (χ1n) is 7.67. The summed E-state index contributed by atoms with van der Waals surface area (Å²) in [6, 6.07) is 14.7.